The van der Waals surface area contributed by atoms with E-state index < -0.39 is 15.6 Å². The molecule has 1 amide bonds. The fraction of sp³-hybridized carbons (Fsp3) is 0.467. The number of fused-ring (bicyclic) bond motifs is 1. The molecular formula is C15H17F2N3O3S2. The molecule has 1 atom stereocenters. The van der Waals surface area contributed by atoms with E-state index in [4.69, 9.17) is 0 Å². The molecule has 0 radical (unpaired) electrons. The van der Waals surface area contributed by atoms with E-state index in [9.17, 15) is 22.0 Å². The van der Waals surface area contributed by atoms with E-state index in [-0.39, 0.29) is 46.9 Å². The van der Waals surface area contributed by atoms with Crippen molar-refractivity contribution < 1.29 is 22.0 Å². The van der Waals surface area contributed by atoms with Gasteiger partial charge in [0.2, 0.25) is 5.91 Å². The van der Waals surface area contributed by atoms with Crippen molar-refractivity contribution in [2.24, 2.45) is 0 Å². The molecule has 0 spiro atoms. The molecule has 2 aromatic rings. The number of para-hydroxylation sites is 2. The first-order chi connectivity index (χ1) is 11.8. The van der Waals surface area contributed by atoms with Gasteiger partial charge < -0.3 is 9.47 Å². The number of amides is 1. The van der Waals surface area contributed by atoms with Gasteiger partial charge in [-0.1, -0.05) is 12.1 Å². The number of nitrogens with zero attached hydrogens (tertiary/aromatic N) is 3. The van der Waals surface area contributed by atoms with E-state index in [1.54, 1.807) is 31.3 Å². The fourth-order valence-corrected chi connectivity index (χ4v) is 5.28. The van der Waals surface area contributed by atoms with E-state index in [0.717, 1.165) is 0 Å². The minimum atomic E-state index is -3.11. The van der Waals surface area contributed by atoms with Crippen LogP contribution in [-0.2, 0) is 21.2 Å². The van der Waals surface area contributed by atoms with Gasteiger partial charge in [0.05, 0.1) is 22.5 Å². The smallest absolute Gasteiger partial charge is 0.291 e. The Morgan fingerprint density at radius 2 is 2.16 bits per heavy atom. The van der Waals surface area contributed by atoms with Gasteiger partial charge in [-0.05, 0) is 30.3 Å². The molecule has 6 nitrogen and oxygen atoms in total. The highest BCUT2D eigenvalue weighted by Gasteiger charge is 2.33. The highest BCUT2D eigenvalue weighted by atomic mass is 32.2. The van der Waals surface area contributed by atoms with Crippen LogP contribution in [0.5, 0.6) is 0 Å². The standard InChI is InChI=1S/C15H17F2N3O3S2/c1-19(10-6-7-25(22,23)9-10)13(21)8-20-12-5-3-2-4-11(12)18-15(20)24-14(16)17/h2-5,10,14H,6-9H2,1H3. The summed E-state index contributed by atoms with van der Waals surface area (Å²) in [5.74, 6) is -2.97. The van der Waals surface area contributed by atoms with E-state index >= 15 is 0 Å². The summed E-state index contributed by atoms with van der Waals surface area (Å²) >= 11 is 0.288. The number of halogens is 2. The lowest BCUT2D eigenvalue weighted by molar-refractivity contribution is -0.132. The fourth-order valence-electron chi connectivity index (χ4n) is 2.91. The lowest BCUT2D eigenvalue weighted by Gasteiger charge is -2.24. The van der Waals surface area contributed by atoms with Gasteiger partial charge in [-0.2, -0.15) is 8.78 Å². The van der Waals surface area contributed by atoms with Crippen LogP contribution in [0.25, 0.3) is 11.0 Å². The second-order valence-corrected chi connectivity index (χ2v) is 9.10. The third-order valence-electron chi connectivity index (χ3n) is 4.26. The van der Waals surface area contributed by atoms with Crippen molar-refractivity contribution in [1.29, 1.82) is 0 Å². The number of thioether (sulfide) groups is 1. The third-order valence-corrected chi connectivity index (χ3v) is 6.71. The quantitative estimate of drug-likeness (QED) is 0.732. The van der Waals surface area contributed by atoms with Gasteiger partial charge in [-0.25, -0.2) is 13.4 Å². The Labute approximate surface area is 148 Å². The molecule has 1 saturated heterocycles. The molecular weight excluding hydrogens is 372 g/mol. The molecule has 136 valence electrons. The summed E-state index contributed by atoms with van der Waals surface area (Å²) in [6, 6.07) is 6.52. The molecule has 1 aromatic carbocycles. The summed E-state index contributed by atoms with van der Waals surface area (Å²) in [7, 11) is -1.56. The van der Waals surface area contributed by atoms with Crippen LogP contribution < -0.4 is 0 Å². The number of hydrogen-bond donors (Lipinski definition) is 0. The molecule has 1 unspecified atom stereocenters. The summed E-state index contributed by atoms with van der Waals surface area (Å²) in [5, 5.41) is 0.0667. The predicted octanol–water partition coefficient (Wildman–Crippen LogP) is 2.00. The van der Waals surface area contributed by atoms with Gasteiger partial charge in [-0.3, -0.25) is 4.79 Å². The van der Waals surface area contributed by atoms with Crippen LogP contribution in [0.15, 0.2) is 29.4 Å². The number of likely N-dealkylation sites (N-methyl/N-ethyl adjacent to an activating group) is 1. The van der Waals surface area contributed by atoms with Crippen molar-refractivity contribution in [3.05, 3.63) is 24.3 Å². The van der Waals surface area contributed by atoms with Gasteiger partial charge >= 0.3 is 0 Å². The number of carbonyl (C=O) groups is 1. The summed E-state index contributed by atoms with van der Waals surface area (Å²) in [6.07, 6.45) is 0.397. The van der Waals surface area contributed by atoms with Gasteiger partial charge in [0.25, 0.3) is 5.76 Å². The van der Waals surface area contributed by atoms with Crippen LogP contribution in [-0.4, -0.2) is 59.1 Å². The minimum absolute atomic E-state index is 0.0570. The maximum atomic E-state index is 12.8. The van der Waals surface area contributed by atoms with Crippen LogP contribution in [0.2, 0.25) is 0 Å². The van der Waals surface area contributed by atoms with Gasteiger partial charge in [0, 0.05) is 13.1 Å². The zero-order valence-electron chi connectivity index (χ0n) is 13.4. The van der Waals surface area contributed by atoms with E-state index in [1.807, 2.05) is 0 Å². The molecule has 1 fully saturated rings. The molecule has 0 N–H and O–H groups in total. The number of sulfone groups is 1. The minimum Gasteiger partial charge on any atom is -0.340 e. The van der Waals surface area contributed by atoms with Crippen molar-refractivity contribution in [3.63, 3.8) is 0 Å². The van der Waals surface area contributed by atoms with Crippen molar-refractivity contribution in [3.8, 4) is 0 Å². The van der Waals surface area contributed by atoms with Crippen LogP contribution >= 0.6 is 11.8 Å². The number of alkyl halides is 2. The second kappa shape index (κ2) is 6.91. The van der Waals surface area contributed by atoms with Crippen molar-refractivity contribution in [2.75, 3.05) is 18.6 Å². The van der Waals surface area contributed by atoms with Crippen molar-refractivity contribution >= 4 is 38.5 Å². The Kier molecular flexibility index (Phi) is 5.01. The lowest BCUT2D eigenvalue weighted by atomic mass is 10.2. The molecule has 1 aliphatic heterocycles. The summed E-state index contributed by atoms with van der Waals surface area (Å²) < 4.78 is 50.3. The highest BCUT2D eigenvalue weighted by Crippen LogP contribution is 2.28. The van der Waals surface area contributed by atoms with Gasteiger partial charge in [0.15, 0.2) is 15.0 Å². The summed E-state index contributed by atoms with van der Waals surface area (Å²) in [6.45, 7) is -0.164. The van der Waals surface area contributed by atoms with E-state index in [0.29, 0.717) is 17.5 Å². The molecule has 0 saturated carbocycles. The first kappa shape index (κ1) is 18.1. The maximum absolute atomic E-state index is 12.8. The Morgan fingerprint density at radius 3 is 2.80 bits per heavy atom. The largest absolute Gasteiger partial charge is 0.340 e. The van der Waals surface area contributed by atoms with E-state index in [1.165, 1.54) is 9.47 Å². The number of carbonyl (C=O) groups excluding carboxylic acids is 1. The van der Waals surface area contributed by atoms with Crippen LogP contribution in [0.1, 0.15) is 6.42 Å². The average molecular weight is 389 g/mol. The Bertz CT molecular complexity index is 899. The van der Waals surface area contributed by atoms with Crippen LogP contribution in [0, 0.1) is 0 Å². The summed E-state index contributed by atoms with van der Waals surface area (Å²) in [4.78, 5) is 18.1. The first-order valence-electron chi connectivity index (χ1n) is 7.63. The zero-order valence-corrected chi connectivity index (χ0v) is 15.1. The van der Waals surface area contributed by atoms with Crippen LogP contribution in [0.3, 0.4) is 0 Å². The molecule has 0 bridgehead atoms. The molecule has 10 heteroatoms. The zero-order chi connectivity index (χ0) is 18.2. The SMILES string of the molecule is CN(C(=O)Cn1c(SC(F)F)nc2ccccc21)C1CCS(=O)(=O)C1. The highest BCUT2D eigenvalue weighted by molar-refractivity contribution is 7.99. The average Bonchev–Trinajstić information content (AvgIpc) is 3.06. The Morgan fingerprint density at radius 1 is 1.44 bits per heavy atom. The van der Waals surface area contributed by atoms with Gasteiger partial charge in [-0.15, -0.1) is 0 Å². The van der Waals surface area contributed by atoms with E-state index in [2.05, 4.69) is 4.98 Å². The van der Waals surface area contributed by atoms with Gasteiger partial charge in [0.1, 0.15) is 6.54 Å². The van der Waals surface area contributed by atoms with Crippen molar-refractivity contribution in [2.45, 2.75) is 29.9 Å². The Hall–Kier alpha value is -1.68. The topological polar surface area (TPSA) is 72.3 Å². The lowest BCUT2D eigenvalue weighted by Crippen LogP contribution is -2.39. The molecule has 3 rings (SSSR count). The molecule has 1 aliphatic rings. The predicted molar refractivity (Wildman–Crippen MR) is 91.4 cm³/mol. The first-order valence-corrected chi connectivity index (χ1v) is 10.3. The number of hydrogen-bond acceptors (Lipinski definition) is 5. The number of imidazole rings is 1. The monoisotopic (exact) mass is 389 g/mol. The molecule has 0 aliphatic carbocycles. The summed E-state index contributed by atoms with van der Waals surface area (Å²) in [5.41, 5.74) is 1.12. The maximum Gasteiger partial charge on any atom is 0.291 e. The molecule has 25 heavy (non-hydrogen) atoms. The van der Waals surface area contributed by atoms with Crippen LogP contribution in [0.4, 0.5) is 8.78 Å². The number of benzene rings is 1. The molecule has 1 aromatic heterocycles. The normalized spacial score (nSPS) is 19.6. The van der Waals surface area contributed by atoms with Crippen molar-refractivity contribution in [1.82, 2.24) is 14.5 Å². The Balaban J connectivity index is 1.85. The second-order valence-electron chi connectivity index (χ2n) is 5.91. The number of rotatable bonds is 5. The number of aromatic nitrogens is 2. The third kappa shape index (κ3) is 3.95. The molecule has 2 heterocycles.